The van der Waals surface area contributed by atoms with Crippen LogP contribution in [0.5, 0.6) is 0 Å². The van der Waals surface area contributed by atoms with Gasteiger partial charge in [-0.05, 0) is 29.9 Å². The lowest BCUT2D eigenvalue weighted by Crippen LogP contribution is -2.09. The molecular weight excluding hydrogens is 216 g/mol. The summed E-state index contributed by atoms with van der Waals surface area (Å²) in [7, 11) is 0. The lowest BCUT2D eigenvalue weighted by atomic mass is 9.87. The SMILES string of the molecule is CCCC1(c2ccccc2)CC1c1ccccc1. The normalized spacial score (nSPS) is 25.9. The first-order valence-corrected chi connectivity index (χ1v) is 6.97. The van der Waals surface area contributed by atoms with E-state index in [2.05, 4.69) is 67.6 Å². The third-order valence-electron chi connectivity index (χ3n) is 4.32. The van der Waals surface area contributed by atoms with E-state index in [-0.39, 0.29) is 0 Å². The number of rotatable bonds is 4. The molecule has 92 valence electrons. The van der Waals surface area contributed by atoms with Gasteiger partial charge in [0.25, 0.3) is 0 Å². The summed E-state index contributed by atoms with van der Waals surface area (Å²) < 4.78 is 0. The second-order valence-corrected chi connectivity index (χ2v) is 5.44. The first-order valence-electron chi connectivity index (χ1n) is 6.97. The molecule has 2 unspecified atom stereocenters. The minimum Gasteiger partial charge on any atom is -0.0654 e. The van der Waals surface area contributed by atoms with E-state index < -0.39 is 0 Å². The standard InChI is InChI=1S/C18H20/c1-2-13-18(16-11-7-4-8-12-16)14-17(18)15-9-5-3-6-10-15/h3-12,17H,2,13-14H2,1H3. The van der Waals surface area contributed by atoms with Crippen LogP contribution in [-0.4, -0.2) is 0 Å². The van der Waals surface area contributed by atoms with Crippen LogP contribution in [0.15, 0.2) is 60.7 Å². The van der Waals surface area contributed by atoms with Gasteiger partial charge < -0.3 is 0 Å². The third kappa shape index (κ3) is 1.86. The minimum atomic E-state index is 0.414. The summed E-state index contributed by atoms with van der Waals surface area (Å²) in [6, 6.07) is 22.1. The van der Waals surface area contributed by atoms with Gasteiger partial charge in [0.1, 0.15) is 0 Å². The summed E-state index contributed by atoms with van der Waals surface area (Å²) in [6.45, 7) is 2.30. The van der Waals surface area contributed by atoms with E-state index in [0.717, 1.165) is 5.92 Å². The molecule has 0 saturated heterocycles. The Morgan fingerprint density at radius 2 is 1.56 bits per heavy atom. The first-order chi connectivity index (χ1) is 8.87. The molecule has 0 heteroatoms. The monoisotopic (exact) mass is 236 g/mol. The highest BCUT2D eigenvalue weighted by molar-refractivity contribution is 5.42. The van der Waals surface area contributed by atoms with Crippen molar-refractivity contribution in [1.82, 2.24) is 0 Å². The zero-order valence-electron chi connectivity index (χ0n) is 11.0. The average molecular weight is 236 g/mol. The smallest absolute Gasteiger partial charge is 0.00280 e. The maximum Gasteiger partial charge on any atom is 0.00280 e. The largest absolute Gasteiger partial charge is 0.0654 e. The van der Waals surface area contributed by atoms with E-state index in [1.165, 1.54) is 30.4 Å². The van der Waals surface area contributed by atoms with Crippen LogP contribution in [0.1, 0.15) is 43.2 Å². The maximum atomic E-state index is 2.30. The molecule has 1 fully saturated rings. The first kappa shape index (κ1) is 11.5. The molecular formula is C18H20. The Labute approximate surface area is 110 Å². The van der Waals surface area contributed by atoms with Gasteiger partial charge in [-0.2, -0.15) is 0 Å². The van der Waals surface area contributed by atoms with Crippen molar-refractivity contribution in [2.45, 2.75) is 37.5 Å². The lowest BCUT2D eigenvalue weighted by Gasteiger charge is -2.17. The van der Waals surface area contributed by atoms with Crippen LogP contribution in [-0.2, 0) is 5.41 Å². The van der Waals surface area contributed by atoms with Crippen molar-refractivity contribution in [2.24, 2.45) is 0 Å². The molecule has 2 atom stereocenters. The number of hydrogen-bond acceptors (Lipinski definition) is 0. The quantitative estimate of drug-likeness (QED) is 0.707. The maximum absolute atomic E-state index is 2.30. The van der Waals surface area contributed by atoms with Crippen LogP contribution in [0.25, 0.3) is 0 Å². The molecule has 18 heavy (non-hydrogen) atoms. The van der Waals surface area contributed by atoms with Crippen LogP contribution in [0.4, 0.5) is 0 Å². The second-order valence-electron chi connectivity index (χ2n) is 5.44. The summed E-state index contributed by atoms with van der Waals surface area (Å²) in [5, 5.41) is 0. The zero-order chi connectivity index (χ0) is 12.4. The molecule has 1 aliphatic carbocycles. The van der Waals surface area contributed by atoms with Crippen LogP contribution in [0.3, 0.4) is 0 Å². The van der Waals surface area contributed by atoms with Crippen molar-refractivity contribution in [1.29, 1.82) is 0 Å². The van der Waals surface area contributed by atoms with Crippen molar-refractivity contribution in [2.75, 3.05) is 0 Å². The molecule has 0 radical (unpaired) electrons. The summed E-state index contributed by atoms with van der Waals surface area (Å²) >= 11 is 0. The Kier molecular flexibility index (Phi) is 2.95. The van der Waals surface area contributed by atoms with Gasteiger partial charge in [-0.15, -0.1) is 0 Å². The predicted octanol–water partition coefficient (Wildman–Crippen LogP) is 4.91. The summed E-state index contributed by atoms with van der Waals surface area (Å²) in [5.41, 5.74) is 3.45. The molecule has 1 saturated carbocycles. The van der Waals surface area contributed by atoms with Crippen molar-refractivity contribution in [3.05, 3.63) is 71.8 Å². The highest BCUT2D eigenvalue weighted by atomic mass is 14.6. The van der Waals surface area contributed by atoms with Crippen LogP contribution in [0.2, 0.25) is 0 Å². The van der Waals surface area contributed by atoms with Gasteiger partial charge in [0, 0.05) is 5.41 Å². The fourth-order valence-electron chi connectivity index (χ4n) is 3.38. The molecule has 1 aliphatic rings. The highest BCUT2D eigenvalue weighted by Crippen LogP contribution is 2.62. The number of benzene rings is 2. The third-order valence-corrected chi connectivity index (χ3v) is 4.32. The second kappa shape index (κ2) is 4.61. The predicted molar refractivity (Wildman–Crippen MR) is 76.8 cm³/mol. The Balaban J connectivity index is 1.93. The summed E-state index contributed by atoms with van der Waals surface area (Å²) in [6.07, 6.45) is 3.88. The van der Waals surface area contributed by atoms with Gasteiger partial charge >= 0.3 is 0 Å². The molecule has 0 aromatic heterocycles. The van der Waals surface area contributed by atoms with E-state index in [1.54, 1.807) is 0 Å². The van der Waals surface area contributed by atoms with Gasteiger partial charge in [0.05, 0.1) is 0 Å². The van der Waals surface area contributed by atoms with Gasteiger partial charge in [0.15, 0.2) is 0 Å². The Morgan fingerprint density at radius 3 is 2.17 bits per heavy atom. The van der Waals surface area contributed by atoms with Crippen LogP contribution < -0.4 is 0 Å². The zero-order valence-corrected chi connectivity index (χ0v) is 11.0. The van der Waals surface area contributed by atoms with E-state index in [0.29, 0.717) is 5.41 Å². The lowest BCUT2D eigenvalue weighted by molar-refractivity contribution is 0.587. The Bertz CT molecular complexity index is 500. The van der Waals surface area contributed by atoms with Gasteiger partial charge in [0.2, 0.25) is 0 Å². The van der Waals surface area contributed by atoms with Crippen LogP contribution >= 0.6 is 0 Å². The Morgan fingerprint density at radius 1 is 0.944 bits per heavy atom. The minimum absolute atomic E-state index is 0.414. The topological polar surface area (TPSA) is 0 Å². The van der Waals surface area contributed by atoms with E-state index >= 15 is 0 Å². The fourth-order valence-corrected chi connectivity index (χ4v) is 3.38. The van der Waals surface area contributed by atoms with Crippen molar-refractivity contribution in [3.63, 3.8) is 0 Å². The van der Waals surface area contributed by atoms with E-state index in [1.807, 2.05) is 0 Å². The molecule has 2 aromatic carbocycles. The van der Waals surface area contributed by atoms with Gasteiger partial charge in [-0.3, -0.25) is 0 Å². The molecule has 0 bridgehead atoms. The van der Waals surface area contributed by atoms with Gasteiger partial charge in [-0.25, -0.2) is 0 Å². The average Bonchev–Trinajstić information content (AvgIpc) is 3.17. The molecule has 3 rings (SSSR count). The molecule has 0 heterocycles. The molecule has 2 aromatic rings. The van der Waals surface area contributed by atoms with Crippen LogP contribution in [0, 0.1) is 0 Å². The molecule has 0 N–H and O–H groups in total. The van der Waals surface area contributed by atoms with Gasteiger partial charge in [-0.1, -0.05) is 74.0 Å². The van der Waals surface area contributed by atoms with Crippen molar-refractivity contribution < 1.29 is 0 Å². The number of hydrogen-bond donors (Lipinski definition) is 0. The summed E-state index contributed by atoms with van der Waals surface area (Å²) in [4.78, 5) is 0. The molecule has 0 aliphatic heterocycles. The van der Waals surface area contributed by atoms with Crippen molar-refractivity contribution in [3.8, 4) is 0 Å². The Hall–Kier alpha value is -1.56. The van der Waals surface area contributed by atoms with E-state index in [9.17, 15) is 0 Å². The summed E-state index contributed by atoms with van der Waals surface area (Å²) in [5.74, 6) is 0.723. The molecule has 0 amide bonds. The highest BCUT2D eigenvalue weighted by Gasteiger charge is 2.54. The molecule has 0 nitrogen and oxygen atoms in total. The van der Waals surface area contributed by atoms with Crippen molar-refractivity contribution >= 4 is 0 Å². The molecule has 0 spiro atoms. The fraction of sp³-hybridized carbons (Fsp3) is 0.333. The van der Waals surface area contributed by atoms with E-state index in [4.69, 9.17) is 0 Å².